The number of phenolic OH excluding ortho intramolecular Hbond substituents is 2. The van der Waals surface area contributed by atoms with Crippen LogP contribution in [-0.4, -0.2) is 20.1 Å². The van der Waals surface area contributed by atoms with Crippen molar-refractivity contribution in [1.82, 2.24) is 4.98 Å². The van der Waals surface area contributed by atoms with E-state index in [1.807, 2.05) is 0 Å². The van der Waals surface area contributed by atoms with Crippen LogP contribution in [0.25, 0.3) is 22.4 Å². The number of phenols is 2. The van der Waals surface area contributed by atoms with Gasteiger partial charge >= 0.3 is 11.3 Å². The summed E-state index contributed by atoms with van der Waals surface area (Å²) in [6.45, 7) is 0. The third-order valence-electron chi connectivity index (χ3n) is 3.03. The van der Waals surface area contributed by atoms with Gasteiger partial charge in [-0.25, -0.2) is 9.78 Å². The van der Waals surface area contributed by atoms with E-state index in [0.717, 1.165) is 12.1 Å². The van der Waals surface area contributed by atoms with Gasteiger partial charge in [0, 0.05) is 11.6 Å². The average molecular weight is 300 g/mol. The summed E-state index contributed by atoms with van der Waals surface area (Å²) in [7, 11) is 0. The van der Waals surface area contributed by atoms with E-state index in [0.29, 0.717) is 5.52 Å². The molecule has 0 spiro atoms. The normalized spacial score (nSPS) is 10.7. The maximum Gasteiger partial charge on any atom is 0.363 e. The molecule has 0 bridgehead atoms. The molecule has 22 heavy (non-hydrogen) atoms. The number of nitrogens with zero attached hydrogens (tertiary/aromatic N) is 2. The number of aromatic nitrogens is 1. The zero-order chi connectivity index (χ0) is 15.9. The second-order valence-electron chi connectivity index (χ2n) is 4.44. The molecule has 110 valence electrons. The number of para-hydroxylation sites is 2. The summed E-state index contributed by atoms with van der Waals surface area (Å²) >= 11 is 0. The Morgan fingerprint density at radius 2 is 1.91 bits per heavy atom. The van der Waals surface area contributed by atoms with E-state index >= 15 is 0 Å². The Hall–Kier alpha value is -3.42. The lowest BCUT2D eigenvalue weighted by molar-refractivity contribution is -0.385. The number of hydrogen-bond acceptors (Lipinski definition) is 7. The smallest absolute Gasteiger partial charge is 0.363 e. The van der Waals surface area contributed by atoms with Crippen molar-refractivity contribution in [3.63, 3.8) is 0 Å². The molecular weight excluding hydrogens is 292 g/mol. The van der Waals surface area contributed by atoms with Gasteiger partial charge in [0.05, 0.1) is 4.92 Å². The van der Waals surface area contributed by atoms with Crippen molar-refractivity contribution in [1.29, 1.82) is 0 Å². The highest BCUT2D eigenvalue weighted by molar-refractivity contribution is 5.76. The quantitative estimate of drug-likeness (QED) is 0.421. The van der Waals surface area contributed by atoms with Crippen molar-refractivity contribution in [2.75, 3.05) is 0 Å². The summed E-state index contributed by atoms with van der Waals surface area (Å²) in [5.74, 6) is -1.60. The van der Waals surface area contributed by atoms with Crippen molar-refractivity contribution >= 4 is 16.8 Å². The van der Waals surface area contributed by atoms with Crippen LogP contribution < -0.4 is 5.63 Å². The minimum absolute atomic E-state index is 0.0264. The molecule has 0 saturated carbocycles. The molecule has 1 heterocycles. The van der Waals surface area contributed by atoms with Gasteiger partial charge in [-0.2, -0.15) is 0 Å². The lowest BCUT2D eigenvalue weighted by Gasteiger charge is -2.04. The molecule has 0 amide bonds. The van der Waals surface area contributed by atoms with Crippen LogP contribution in [0.5, 0.6) is 11.5 Å². The number of aromatic hydroxyl groups is 2. The Morgan fingerprint density at radius 1 is 1.18 bits per heavy atom. The van der Waals surface area contributed by atoms with Crippen LogP contribution in [-0.2, 0) is 0 Å². The van der Waals surface area contributed by atoms with Crippen LogP contribution >= 0.6 is 0 Å². The first-order valence-corrected chi connectivity index (χ1v) is 6.08. The van der Waals surface area contributed by atoms with Crippen LogP contribution in [0.4, 0.5) is 5.69 Å². The molecule has 0 saturated heterocycles. The molecule has 2 aromatic carbocycles. The lowest BCUT2D eigenvalue weighted by atomic mass is 10.1. The summed E-state index contributed by atoms with van der Waals surface area (Å²) in [5.41, 5.74) is -1.11. The van der Waals surface area contributed by atoms with Crippen molar-refractivity contribution in [3.8, 4) is 22.8 Å². The maximum atomic E-state index is 12.0. The highest BCUT2D eigenvalue weighted by Gasteiger charge is 2.21. The predicted molar refractivity (Wildman–Crippen MR) is 75.7 cm³/mol. The summed E-state index contributed by atoms with van der Waals surface area (Å²) < 4.78 is 5.09. The molecule has 0 aliphatic carbocycles. The average Bonchev–Trinajstić information content (AvgIpc) is 2.49. The summed E-state index contributed by atoms with van der Waals surface area (Å²) in [5, 5.41) is 29.9. The van der Waals surface area contributed by atoms with Gasteiger partial charge < -0.3 is 14.6 Å². The Balaban J connectivity index is 2.30. The number of nitro groups is 1. The van der Waals surface area contributed by atoms with Crippen molar-refractivity contribution in [3.05, 3.63) is 56.9 Å². The highest BCUT2D eigenvalue weighted by atomic mass is 16.6. The molecule has 8 heteroatoms. The van der Waals surface area contributed by atoms with Gasteiger partial charge in [-0.1, -0.05) is 12.1 Å². The van der Waals surface area contributed by atoms with E-state index in [9.17, 15) is 25.1 Å². The molecule has 0 aliphatic rings. The molecule has 2 N–H and O–H groups in total. The Kier molecular flexibility index (Phi) is 2.99. The molecular formula is C14H8N2O6. The van der Waals surface area contributed by atoms with E-state index in [2.05, 4.69) is 4.98 Å². The Bertz CT molecular complexity index is 963. The number of nitro benzene ring substituents is 1. The first kappa shape index (κ1) is 13.6. The van der Waals surface area contributed by atoms with E-state index in [1.165, 1.54) is 0 Å². The van der Waals surface area contributed by atoms with Crippen LogP contribution in [0.3, 0.4) is 0 Å². The lowest BCUT2D eigenvalue weighted by Crippen LogP contribution is -2.06. The molecule has 0 fully saturated rings. The molecule has 8 nitrogen and oxygen atoms in total. The fourth-order valence-corrected chi connectivity index (χ4v) is 2.01. The first-order valence-electron chi connectivity index (χ1n) is 6.08. The number of hydrogen-bond donors (Lipinski definition) is 2. The second kappa shape index (κ2) is 4.85. The van der Waals surface area contributed by atoms with Crippen LogP contribution in [0.2, 0.25) is 0 Å². The second-order valence-corrected chi connectivity index (χ2v) is 4.44. The third kappa shape index (κ3) is 2.12. The van der Waals surface area contributed by atoms with E-state index in [1.54, 1.807) is 24.3 Å². The molecule has 3 rings (SSSR count). The molecule has 0 unspecified atom stereocenters. The molecule has 3 aromatic rings. The third-order valence-corrected chi connectivity index (χ3v) is 3.03. The predicted octanol–water partition coefficient (Wildman–Crippen LogP) is 2.17. The van der Waals surface area contributed by atoms with Crippen LogP contribution in [0, 0.1) is 10.1 Å². The number of benzene rings is 2. The van der Waals surface area contributed by atoms with Gasteiger partial charge in [0.1, 0.15) is 5.52 Å². The summed E-state index contributed by atoms with van der Waals surface area (Å²) in [4.78, 5) is 26.1. The summed E-state index contributed by atoms with van der Waals surface area (Å²) in [6, 6.07) is 8.49. The van der Waals surface area contributed by atoms with Gasteiger partial charge in [-0.05, 0) is 18.2 Å². The van der Waals surface area contributed by atoms with Gasteiger partial charge in [0.25, 0.3) is 0 Å². The van der Waals surface area contributed by atoms with Crippen LogP contribution in [0.15, 0.2) is 45.6 Å². The zero-order valence-corrected chi connectivity index (χ0v) is 10.9. The standard InChI is InChI=1S/C14H8N2O6/c17-10-6-7(5-9(13(10)18)16(20)21)12-14(19)22-11-4-2-1-3-8(11)15-12/h1-6,17-18H. The fourth-order valence-electron chi connectivity index (χ4n) is 2.01. The van der Waals surface area contributed by atoms with Gasteiger partial charge in [0.15, 0.2) is 17.0 Å². The number of fused-ring (bicyclic) bond motifs is 1. The molecule has 1 aromatic heterocycles. The van der Waals surface area contributed by atoms with Gasteiger partial charge in [-0.15, -0.1) is 0 Å². The fraction of sp³-hybridized carbons (Fsp3) is 0. The SMILES string of the molecule is O=c1oc2ccccc2nc1-c1cc(O)c(O)c([N+](=O)[O-])c1. The Labute approximate surface area is 122 Å². The highest BCUT2D eigenvalue weighted by Crippen LogP contribution is 2.38. The largest absolute Gasteiger partial charge is 0.504 e. The first-order chi connectivity index (χ1) is 10.5. The van der Waals surface area contributed by atoms with E-state index in [4.69, 9.17) is 4.42 Å². The minimum Gasteiger partial charge on any atom is -0.504 e. The summed E-state index contributed by atoms with van der Waals surface area (Å²) in [6.07, 6.45) is 0. The topological polar surface area (TPSA) is 127 Å². The Morgan fingerprint density at radius 3 is 2.64 bits per heavy atom. The van der Waals surface area contributed by atoms with Gasteiger partial charge in [0.2, 0.25) is 5.75 Å². The van der Waals surface area contributed by atoms with Crippen molar-refractivity contribution in [2.45, 2.75) is 0 Å². The molecule has 0 radical (unpaired) electrons. The van der Waals surface area contributed by atoms with Crippen molar-refractivity contribution < 1.29 is 19.6 Å². The molecule has 0 aliphatic heterocycles. The van der Waals surface area contributed by atoms with E-state index in [-0.39, 0.29) is 16.8 Å². The molecule has 0 atom stereocenters. The zero-order valence-electron chi connectivity index (χ0n) is 10.9. The number of rotatable bonds is 2. The monoisotopic (exact) mass is 300 g/mol. The van der Waals surface area contributed by atoms with Crippen molar-refractivity contribution in [2.24, 2.45) is 0 Å². The minimum atomic E-state index is -0.876. The van der Waals surface area contributed by atoms with E-state index < -0.39 is 27.7 Å². The maximum absolute atomic E-state index is 12.0. The van der Waals surface area contributed by atoms with Gasteiger partial charge in [-0.3, -0.25) is 10.1 Å². The van der Waals surface area contributed by atoms with Crippen LogP contribution in [0.1, 0.15) is 0 Å².